The topological polar surface area (TPSA) is 38.3 Å². The van der Waals surface area contributed by atoms with Gasteiger partial charge in [0.1, 0.15) is 0 Å². The molecule has 0 aromatic carbocycles. The third-order valence-corrected chi connectivity index (χ3v) is 2.58. The van der Waals surface area contributed by atoms with Crippen LogP contribution in [0.1, 0.15) is 32.1 Å². The zero-order chi connectivity index (χ0) is 9.52. The van der Waals surface area contributed by atoms with E-state index >= 15 is 0 Å². The Morgan fingerprint density at radius 3 is 2.77 bits per heavy atom. The standard InChI is InChI=1S/C10H19NO2/c1-13-7-6-11-10(12)8-9-4-2-3-5-9/h9H,2-8H2,1H3,(H,11,12). The molecule has 0 heterocycles. The first-order valence-corrected chi connectivity index (χ1v) is 5.08. The van der Waals surface area contributed by atoms with Crippen LogP contribution in [-0.4, -0.2) is 26.2 Å². The normalized spacial score (nSPS) is 17.6. The fraction of sp³-hybridized carbons (Fsp3) is 0.900. The molecule has 0 aromatic heterocycles. The van der Waals surface area contributed by atoms with Crippen LogP contribution in [0.5, 0.6) is 0 Å². The van der Waals surface area contributed by atoms with Crippen LogP contribution in [0.4, 0.5) is 0 Å². The zero-order valence-corrected chi connectivity index (χ0v) is 8.34. The van der Waals surface area contributed by atoms with E-state index < -0.39 is 0 Å². The van der Waals surface area contributed by atoms with Crippen LogP contribution >= 0.6 is 0 Å². The number of nitrogens with one attached hydrogen (secondary N) is 1. The van der Waals surface area contributed by atoms with Crippen LogP contribution in [0.25, 0.3) is 0 Å². The predicted octanol–water partition coefficient (Wildman–Crippen LogP) is 1.33. The van der Waals surface area contributed by atoms with Crippen molar-refractivity contribution in [3.63, 3.8) is 0 Å². The molecule has 13 heavy (non-hydrogen) atoms. The molecule has 76 valence electrons. The molecule has 1 N–H and O–H groups in total. The highest BCUT2D eigenvalue weighted by Gasteiger charge is 2.17. The molecule has 0 aliphatic heterocycles. The van der Waals surface area contributed by atoms with E-state index in [9.17, 15) is 4.79 Å². The number of carbonyl (C=O) groups excluding carboxylic acids is 1. The summed E-state index contributed by atoms with van der Waals surface area (Å²) >= 11 is 0. The van der Waals surface area contributed by atoms with Crippen molar-refractivity contribution in [1.82, 2.24) is 5.32 Å². The van der Waals surface area contributed by atoms with Crippen molar-refractivity contribution in [3.05, 3.63) is 0 Å². The second kappa shape index (κ2) is 5.97. The van der Waals surface area contributed by atoms with E-state index in [1.165, 1.54) is 25.7 Å². The van der Waals surface area contributed by atoms with Gasteiger partial charge in [0.25, 0.3) is 0 Å². The van der Waals surface area contributed by atoms with Crippen LogP contribution in [0.15, 0.2) is 0 Å². The van der Waals surface area contributed by atoms with Crippen molar-refractivity contribution in [2.45, 2.75) is 32.1 Å². The summed E-state index contributed by atoms with van der Waals surface area (Å²) in [5.41, 5.74) is 0. The number of hydrogen-bond acceptors (Lipinski definition) is 2. The molecule has 0 aromatic rings. The van der Waals surface area contributed by atoms with E-state index in [2.05, 4.69) is 5.32 Å². The van der Waals surface area contributed by atoms with Crippen molar-refractivity contribution >= 4 is 5.91 Å². The van der Waals surface area contributed by atoms with Gasteiger partial charge in [-0.3, -0.25) is 4.79 Å². The van der Waals surface area contributed by atoms with E-state index in [0.717, 1.165) is 0 Å². The third-order valence-electron chi connectivity index (χ3n) is 2.58. The third kappa shape index (κ3) is 4.27. The summed E-state index contributed by atoms with van der Waals surface area (Å²) in [4.78, 5) is 11.3. The van der Waals surface area contributed by atoms with Gasteiger partial charge < -0.3 is 10.1 Å². The summed E-state index contributed by atoms with van der Waals surface area (Å²) in [6.45, 7) is 1.25. The van der Waals surface area contributed by atoms with E-state index in [4.69, 9.17) is 4.74 Å². The molecule has 0 saturated heterocycles. The Kier molecular flexibility index (Phi) is 4.83. The SMILES string of the molecule is COCCNC(=O)CC1CCCC1. The number of methoxy groups -OCH3 is 1. The minimum Gasteiger partial charge on any atom is -0.383 e. The Hall–Kier alpha value is -0.570. The monoisotopic (exact) mass is 185 g/mol. The highest BCUT2D eigenvalue weighted by atomic mass is 16.5. The first-order valence-electron chi connectivity index (χ1n) is 5.08. The molecule has 0 unspecified atom stereocenters. The van der Waals surface area contributed by atoms with Crippen molar-refractivity contribution in [2.24, 2.45) is 5.92 Å². The lowest BCUT2D eigenvalue weighted by molar-refractivity contribution is -0.122. The van der Waals surface area contributed by atoms with Crippen molar-refractivity contribution in [2.75, 3.05) is 20.3 Å². The second-order valence-corrected chi connectivity index (χ2v) is 3.70. The Labute approximate surface area is 79.8 Å². The second-order valence-electron chi connectivity index (χ2n) is 3.70. The molecule has 1 rings (SSSR count). The van der Waals surface area contributed by atoms with Crippen LogP contribution < -0.4 is 5.32 Å². The van der Waals surface area contributed by atoms with Crippen LogP contribution in [0.2, 0.25) is 0 Å². The number of amides is 1. The number of rotatable bonds is 5. The van der Waals surface area contributed by atoms with E-state index in [1.54, 1.807) is 7.11 Å². The lowest BCUT2D eigenvalue weighted by Crippen LogP contribution is -2.28. The average Bonchev–Trinajstić information content (AvgIpc) is 2.57. The Morgan fingerprint density at radius 1 is 1.46 bits per heavy atom. The van der Waals surface area contributed by atoms with Crippen LogP contribution in [0, 0.1) is 5.92 Å². The van der Waals surface area contributed by atoms with Gasteiger partial charge >= 0.3 is 0 Å². The zero-order valence-electron chi connectivity index (χ0n) is 8.34. The van der Waals surface area contributed by atoms with E-state index in [1.807, 2.05) is 0 Å². The summed E-state index contributed by atoms with van der Waals surface area (Å²) < 4.78 is 4.85. The van der Waals surface area contributed by atoms with Gasteiger partial charge in [-0.1, -0.05) is 12.8 Å². The van der Waals surface area contributed by atoms with Crippen molar-refractivity contribution in [1.29, 1.82) is 0 Å². The van der Waals surface area contributed by atoms with Gasteiger partial charge in [0, 0.05) is 20.1 Å². The molecule has 3 heteroatoms. The van der Waals surface area contributed by atoms with Crippen molar-refractivity contribution in [3.8, 4) is 0 Å². The minimum atomic E-state index is 0.184. The van der Waals surface area contributed by atoms with Gasteiger partial charge in [-0.25, -0.2) is 0 Å². The largest absolute Gasteiger partial charge is 0.383 e. The molecule has 0 bridgehead atoms. The maximum Gasteiger partial charge on any atom is 0.220 e. The van der Waals surface area contributed by atoms with Gasteiger partial charge in [-0.15, -0.1) is 0 Å². The van der Waals surface area contributed by atoms with Crippen molar-refractivity contribution < 1.29 is 9.53 Å². The number of ether oxygens (including phenoxy) is 1. The average molecular weight is 185 g/mol. The van der Waals surface area contributed by atoms with Crippen LogP contribution in [0.3, 0.4) is 0 Å². The molecule has 1 aliphatic carbocycles. The molecule has 1 aliphatic rings. The summed E-state index contributed by atoms with van der Waals surface area (Å²) in [5.74, 6) is 0.825. The van der Waals surface area contributed by atoms with Crippen LogP contribution in [-0.2, 0) is 9.53 Å². The molecule has 1 fully saturated rings. The summed E-state index contributed by atoms with van der Waals surface area (Å²) in [6, 6.07) is 0. The first kappa shape index (κ1) is 10.5. The fourth-order valence-electron chi connectivity index (χ4n) is 1.84. The molecule has 1 saturated carbocycles. The molecular weight excluding hydrogens is 166 g/mol. The van der Waals surface area contributed by atoms with E-state index in [0.29, 0.717) is 25.5 Å². The molecular formula is C10H19NO2. The lowest BCUT2D eigenvalue weighted by Gasteiger charge is -2.08. The van der Waals surface area contributed by atoms with Gasteiger partial charge in [0.2, 0.25) is 5.91 Å². The Morgan fingerprint density at radius 2 is 2.15 bits per heavy atom. The Bertz CT molecular complexity index is 153. The summed E-state index contributed by atoms with van der Waals surface area (Å²) in [5, 5.41) is 2.85. The van der Waals surface area contributed by atoms with E-state index in [-0.39, 0.29) is 5.91 Å². The lowest BCUT2D eigenvalue weighted by atomic mass is 10.0. The highest BCUT2D eigenvalue weighted by molar-refractivity contribution is 5.76. The molecule has 0 atom stereocenters. The maximum atomic E-state index is 11.3. The summed E-state index contributed by atoms with van der Waals surface area (Å²) in [7, 11) is 1.64. The first-order chi connectivity index (χ1) is 6.33. The van der Waals surface area contributed by atoms with Gasteiger partial charge in [0.05, 0.1) is 6.61 Å². The van der Waals surface area contributed by atoms with Gasteiger partial charge in [0.15, 0.2) is 0 Å². The quantitative estimate of drug-likeness (QED) is 0.656. The number of carbonyl (C=O) groups is 1. The highest BCUT2D eigenvalue weighted by Crippen LogP contribution is 2.27. The molecule has 1 amide bonds. The number of hydrogen-bond donors (Lipinski definition) is 1. The molecule has 0 radical (unpaired) electrons. The smallest absolute Gasteiger partial charge is 0.220 e. The minimum absolute atomic E-state index is 0.184. The summed E-state index contributed by atoms with van der Waals surface area (Å²) in [6.07, 6.45) is 5.78. The fourth-order valence-corrected chi connectivity index (χ4v) is 1.84. The van der Waals surface area contributed by atoms with Gasteiger partial charge in [-0.2, -0.15) is 0 Å². The van der Waals surface area contributed by atoms with Gasteiger partial charge in [-0.05, 0) is 18.8 Å². The maximum absolute atomic E-state index is 11.3. The molecule has 0 spiro atoms. The predicted molar refractivity (Wildman–Crippen MR) is 51.5 cm³/mol. The molecule has 3 nitrogen and oxygen atoms in total. The Balaban J connectivity index is 2.02.